The summed E-state index contributed by atoms with van der Waals surface area (Å²) in [6.07, 6.45) is 1.51. The molecule has 0 amide bonds. The smallest absolute Gasteiger partial charge is 0.342 e. The van der Waals surface area contributed by atoms with Crippen LogP contribution in [0.25, 0.3) is 0 Å². The highest BCUT2D eigenvalue weighted by Crippen LogP contribution is 2.19. The quantitative estimate of drug-likeness (QED) is 0.751. The zero-order valence-electron chi connectivity index (χ0n) is 8.88. The number of ether oxygens (including phenoxy) is 1. The molecule has 0 bridgehead atoms. The summed E-state index contributed by atoms with van der Waals surface area (Å²) in [4.78, 5) is 8.01. The maximum Gasteiger partial charge on any atom is 0.342 e. The third-order valence-electron chi connectivity index (χ3n) is 1.89. The number of aromatic nitrogens is 4. The summed E-state index contributed by atoms with van der Waals surface area (Å²) in [5, 5.41) is 12.8. The van der Waals surface area contributed by atoms with Gasteiger partial charge in [-0.2, -0.15) is 10.2 Å². The van der Waals surface area contributed by atoms with Crippen molar-refractivity contribution in [3.63, 3.8) is 0 Å². The largest absolute Gasteiger partial charge is 0.403 e. The predicted molar refractivity (Wildman–Crippen MR) is 54.8 cm³/mol. The molecule has 16 heavy (non-hydrogen) atoms. The third kappa shape index (κ3) is 1.98. The molecule has 0 aliphatic rings. The van der Waals surface area contributed by atoms with Gasteiger partial charge < -0.3 is 4.74 Å². The van der Waals surface area contributed by atoms with E-state index in [9.17, 15) is 0 Å². The summed E-state index contributed by atoms with van der Waals surface area (Å²) in [7, 11) is 1.73. The molecule has 0 fully saturated rings. The van der Waals surface area contributed by atoms with Crippen LogP contribution in [-0.4, -0.2) is 19.7 Å². The first-order valence-corrected chi connectivity index (χ1v) is 4.60. The molecule has 0 spiro atoms. The van der Waals surface area contributed by atoms with Gasteiger partial charge >= 0.3 is 6.01 Å². The van der Waals surface area contributed by atoms with E-state index in [0.29, 0.717) is 5.56 Å². The lowest BCUT2D eigenvalue weighted by molar-refractivity contribution is 0.420. The van der Waals surface area contributed by atoms with Crippen LogP contribution >= 0.6 is 0 Å². The molecule has 0 aliphatic carbocycles. The molecular formula is C10H9N5O. The highest BCUT2D eigenvalue weighted by molar-refractivity contribution is 5.39. The lowest BCUT2D eigenvalue weighted by atomic mass is 10.2. The van der Waals surface area contributed by atoms with Crippen LogP contribution in [0, 0.1) is 18.3 Å². The van der Waals surface area contributed by atoms with Crippen LogP contribution in [0.15, 0.2) is 18.5 Å². The van der Waals surface area contributed by atoms with Gasteiger partial charge in [-0.15, -0.1) is 5.10 Å². The maximum absolute atomic E-state index is 8.88. The fraction of sp³-hybridized carbons (Fsp3) is 0.200. The first kappa shape index (κ1) is 10.1. The lowest BCUT2D eigenvalue weighted by Crippen LogP contribution is -1.96. The number of nitriles is 1. The summed E-state index contributed by atoms with van der Waals surface area (Å²) in [6.45, 7) is 1.82. The molecule has 0 unspecified atom stereocenters. The highest BCUT2D eigenvalue weighted by Gasteiger charge is 2.09. The molecule has 0 atom stereocenters. The van der Waals surface area contributed by atoms with E-state index in [0.717, 1.165) is 5.69 Å². The van der Waals surface area contributed by atoms with Crippen LogP contribution in [0.1, 0.15) is 11.3 Å². The molecule has 0 N–H and O–H groups in total. The molecule has 2 heterocycles. The van der Waals surface area contributed by atoms with Crippen molar-refractivity contribution in [2.45, 2.75) is 6.92 Å². The molecule has 2 rings (SSSR count). The monoisotopic (exact) mass is 215 g/mol. The topological polar surface area (TPSA) is 76.6 Å². The Hall–Kier alpha value is -2.42. The fourth-order valence-corrected chi connectivity index (χ4v) is 1.15. The van der Waals surface area contributed by atoms with Crippen LogP contribution in [0.4, 0.5) is 0 Å². The Kier molecular flexibility index (Phi) is 2.52. The van der Waals surface area contributed by atoms with Crippen LogP contribution in [-0.2, 0) is 7.05 Å². The van der Waals surface area contributed by atoms with E-state index in [-0.39, 0.29) is 11.9 Å². The molecule has 0 radical (unpaired) electrons. The van der Waals surface area contributed by atoms with Crippen LogP contribution in [0.3, 0.4) is 0 Å². The molecular weight excluding hydrogens is 206 g/mol. The van der Waals surface area contributed by atoms with Gasteiger partial charge in [0.15, 0.2) is 0 Å². The van der Waals surface area contributed by atoms with Crippen molar-refractivity contribution >= 4 is 0 Å². The summed E-state index contributed by atoms with van der Waals surface area (Å²) >= 11 is 0. The average molecular weight is 215 g/mol. The minimum absolute atomic E-state index is 0.178. The van der Waals surface area contributed by atoms with Gasteiger partial charge in [0.05, 0.1) is 0 Å². The molecule has 2 aromatic heterocycles. The average Bonchev–Trinajstić information content (AvgIpc) is 2.64. The van der Waals surface area contributed by atoms with Crippen molar-refractivity contribution in [1.82, 2.24) is 19.7 Å². The number of hydrogen-bond acceptors (Lipinski definition) is 5. The van der Waals surface area contributed by atoms with Gasteiger partial charge in [-0.1, -0.05) is 0 Å². The molecule has 0 saturated heterocycles. The molecule has 0 aliphatic heterocycles. The van der Waals surface area contributed by atoms with Gasteiger partial charge in [0.25, 0.3) is 0 Å². The molecule has 0 saturated carbocycles. The Balaban J connectivity index is 2.34. The minimum atomic E-state index is 0.178. The van der Waals surface area contributed by atoms with Crippen molar-refractivity contribution in [3.8, 4) is 18.0 Å². The van der Waals surface area contributed by atoms with Crippen molar-refractivity contribution < 1.29 is 4.74 Å². The second kappa shape index (κ2) is 3.98. The molecule has 80 valence electrons. The zero-order chi connectivity index (χ0) is 11.5. The summed E-state index contributed by atoms with van der Waals surface area (Å²) in [5.41, 5.74) is 1.13. The lowest BCUT2D eigenvalue weighted by Gasteiger charge is -2.02. The second-order valence-electron chi connectivity index (χ2n) is 3.22. The van der Waals surface area contributed by atoms with Crippen LogP contribution in [0.5, 0.6) is 11.9 Å². The SMILES string of the molecule is Cc1ccc(C#N)c(Oc2ncn(C)n2)n1. The van der Waals surface area contributed by atoms with Crippen LogP contribution in [0.2, 0.25) is 0 Å². The first-order chi connectivity index (χ1) is 7.69. The summed E-state index contributed by atoms with van der Waals surface area (Å²) in [6, 6.07) is 5.58. The normalized spacial score (nSPS) is 9.81. The van der Waals surface area contributed by atoms with E-state index in [4.69, 9.17) is 10.00 Å². The standard InChI is InChI=1S/C10H9N5O/c1-7-3-4-8(5-11)9(13-7)16-10-12-6-15(2)14-10/h3-4,6H,1-2H3. The van der Waals surface area contributed by atoms with Gasteiger partial charge in [-0.3, -0.25) is 4.68 Å². The van der Waals surface area contributed by atoms with Crippen molar-refractivity contribution in [2.75, 3.05) is 0 Å². The van der Waals surface area contributed by atoms with Gasteiger partial charge in [0.2, 0.25) is 5.88 Å². The van der Waals surface area contributed by atoms with Crippen LogP contribution < -0.4 is 4.74 Å². The maximum atomic E-state index is 8.88. The molecule has 2 aromatic rings. The van der Waals surface area contributed by atoms with E-state index >= 15 is 0 Å². The number of aryl methyl sites for hydroxylation is 2. The number of rotatable bonds is 2. The Morgan fingerprint density at radius 3 is 2.88 bits per heavy atom. The van der Waals surface area contributed by atoms with Crippen molar-refractivity contribution in [3.05, 3.63) is 29.7 Å². The van der Waals surface area contributed by atoms with E-state index in [1.165, 1.54) is 11.0 Å². The van der Waals surface area contributed by atoms with E-state index in [1.807, 2.05) is 13.0 Å². The molecule has 6 nitrogen and oxygen atoms in total. The van der Waals surface area contributed by atoms with Gasteiger partial charge in [-0.05, 0) is 19.1 Å². The predicted octanol–water partition coefficient (Wildman–Crippen LogP) is 1.18. The first-order valence-electron chi connectivity index (χ1n) is 4.60. The number of hydrogen-bond donors (Lipinski definition) is 0. The Morgan fingerprint density at radius 2 is 2.25 bits per heavy atom. The van der Waals surface area contributed by atoms with Gasteiger partial charge in [0.1, 0.15) is 18.0 Å². The molecule has 0 aromatic carbocycles. The summed E-state index contributed by atoms with van der Waals surface area (Å²) < 4.78 is 6.84. The van der Waals surface area contributed by atoms with Gasteiger partial charge in [-0.25, -0.2) is 4.98 Å². The second-order valence-corrected chi connectivity index (χ2v) is 3.22. The Labute approximate surface area is 92.1 Å². The molecule has 6 heteroatoms. The summed E-state index contributed by atoms with van der Waals surface area (Å²) in [5.74, 6) is 0.230. The Bertz CT molecular complexity index is 555. The van der Waals surface area contributed by atoms with Crippen molar-refractivity contribution in [1.29, 1.82) is 5.26 Å². The van der Waals surface area contributed by atoms with Crippen molar-refractivity contribution in [2.24, 2.45) is 7.05 Å². The third-order valence-corrected chi connectivity index (χ3v) is 1.89. The number of nitrogens with zero attached hydrogens (tertiary/aromatic N) is 5. The van der Waals surface area contributed by atoms with E-state index < -0.39 is 0 Å². The number of pyridine rings is 1. The minimum Gasteiger partial charge on any atom is -0.403 e. The van der Waals surface area contributed by atoms with Gasteiger partial charge in [0, 0.05) is 12.7 Å². The highest BCUT2D eigenvalue weighted by atomic mass is 16.5. The zero-order valence-corrected chi connectivity index (χ0v) is 8.88. The van der Waals surface area contributed by atoms with E-state index in [1.54, 1.807) is 19.2 Å². The fourth-order valence-electron chi connectivity index (χ4n) is 1.15. The Morgan fingerprint density at radius 1 is 1.44 bits per heavy atom. The van der Waals surface area contributed by atoms with E-state index in [2.05, 4.69) is 15.1 Å².